The maximum absolute atomic E-state index is 13.0. The lowest BCUT2D eigenvalue weighted by atomic mass is 10.2. The Hall–Kier alpha value is -2.21. The molecule has 0 bridgehead atoms. The van der Waals surface area contributed by atoms with Gasteiger partial charge in [0, 0.05) is 6.20 Å². The second-order valence-electron chi connectivity index (χ2n) is 3.94. The van der Waals surface area contributed by atoms with Gasteiger partial charge in [0.25, 0.3) is 5.91 Å². The molecule has 2 aromatic rings. The zero-order valence-electron chi connectivity index (χ0n) is 10.7. The third-order valence-corrected chi connectivity index (χ3v) is 2.54. The molecule has 2 rings (SSSR count). The molecule has 0 unspecified atom stereocenters. The molecular weight excluding hydrogens is 249 g/mol. The largest absolute Gasteiger partial charge is 0.295 e. The van der Waals surface area contributed by atoms with Crippen LogP contribution >= 0.6 is 0 Å². The van der Waals surface area contributed by atoms with Crippen molar-refractivity contribution in [3.8, 4) is 5.69 Å². The molecule has 0 aliphatic carbocycles. The molecule has 1 amide bonds. The summed E-state index contributed by atoms with van der Waals surface area (Å²) in [5, 5.41) is 4.13. The molecule has 1 N–H and O–H groups in total. The molecule has 1 aromatic carbocycles. The van der Waals surface area contributed by atoms with Gasteiger partial charge in [-0.3, -0.25) is 9.63 Å². The number of benzene rings is 1. The van der Waals surface area contributed by atoms with Crippen LogP contribution in [0, 0.1) is 12.7 Å². The van der Waals surface area contributed by atoms with E-state index in [-0.39, 0.29) is 11.5 Å². The molecule has 19 heavy (non-hydrogen) atoms. The van der Waals surface area contributed by atoms with Gasteiger partial charge >= 0.3 is 0 Å². The van der Waals surface area contributed by atoms with Crippen LogP contribution in [-0.2, 0) is 4.84 Å². The minimum Gasteiger partial charge on any atom is -0.274 e. The van der Waals surface area contributed by atoms with E-state index in [9.17, 15) is 9.18 Å². The number of aromatic nitrogens is 2. The van der Waals surface area contributed by atoms with E-state index in [1.807, 2.05) is 0 Å². The van der Waals surface area contributed by atoms with Crippen LogP contribution in [0.2, 0.25) is 0 Å². The number of carbonyl (C=O) groups is 1. The summed E-state index contributed by atoms with van der Waals surface area (Å²) in [6, 6.07) is 5.94. The molecule has 0 spiro atoms. The predicted molar refractivity (Wildman–Crippen MR) is 67.4 cm³/mol. The minimum absolute atomic E-state index is 0.233. The third-order valence-electron chi connectivity index (χ3n) is 2.54. The molecule has 6 heteroatoms. The smallest absolute Gasteiger partial charge is 0.274 e. The van der Waals surface area contributed by atoms with E-state index < -0.39 is 5.91 Å². The van der Waals surface area contributed by atoms with Crippen LogP contribution in [0.15, 0.2) is 30.5 Å². The van der Waals surface area contributed by atoms with Crippen LogP contribution in [0.3, 0.4) is 0 Å². The number of hydrogen-bond acceptors (Lipinski definition) is 3. The number of aryl methyl sites for hydroxylation is 1. The van der Waals surface area contributed by atoms with Gasteiger partial charge in [-0.1, -0.05) is 0 Å². The quantitative estimate of drug-likeness (QED) is 0.858. The number of hydrogen-bond donors (Lipinski definition) is 1. The third kappa shape index (κ3) is 2.97. The van der Waals surface area contributed by atoms with E-state index in [4.69, 9.17) is 4.84 Å². The molecule has 1 heterocycles. The van der Waals surface area contributed by atoms with Crippen LogP contribution in [0.4, 0.5) is 4.39 Å². The number of rotatable bonds is 4. The highest BCUT2D eigenvalue weighted by Crippen LogP contribution is 2.14. The first-order chi connectivity index (χ1) is 9.11. The van der Waals surface area contributed by atoms with Crippen molar-refractivity contribution in [3.63, 3.8) is 0 Å². The maximum Gasteiger partial charge on any atom is 0.295 e. The Bertz CT molecular complexity index is 595. The summed E-state index contributed by atoms with van der Waals surface area (Å²) >= 11 is 0. The Balaban J connectivity index is 2.23. The summed E-state index contributed by atoms with van der Waals surface area (Å²) in [4.78, 5) is 16.4. The van der Waals surface area contributed by atoms with Gasteiger partial charge in [0.1, 0.15) is 5.82 Å². The minimum atomic E-state index is -0.416. The van der Waals surface area contributed by atoms with E-state index in [2.05, 4.69) is 10.6 Å². The summed E-state index contributed by atoms with van der Waals surface area (Å²) in [6.07, 6.45) is 1.64. The highest BCUT2D eigenvalue weighted by Gasteiger charge is 2.11. The summed E-state index contributed by atoms with van der Waals surface area (Å²) in [7, 11) is 0. The summed E-state index contributed by atoms with van der Waals surface area (Å²) in [5.41, 5.74) is 3.95. The van der Waals surface area contributed by atoms with Crippen molar-refractivity contribution in [2.75, 3.05) is 6.61 Å². The molecule has 0 radical (unpaired) electrons. The van der Waals surface area contributed by atoms with Crippen molar-refractivity contribution >= 4 is 5.91 Å². The van der Waals surface area contributed by atoms with Gasteiger partial charge in [0.15, 0.2) is 5.69 Å². The average molecular weight is 263 g/mol. The van der Waals surface area contributed by atoms with Crippen molar-refractivity contribution in [1.29, 1.82) is 0 Å². The molecule has 0 aliphatic heterocycles. The Labute approximate surface area is 110 Å². The molecular formula is C13H14FN3O2. The van der Waals surface area contributed by atoms with Crippen molar-refractivity contribution in [2.45, 2.75) is 13.8 Å². The fraction of sp³-hybridized carbons (Fsp3) is 0.231. The first kappa shape index (κ1) is 13.2. The Kier molecular flexibility index (Phi) is 3.91. The van der Waals surface area contributed by atoms with E-state index in [1.54, 1.807) is 32.2 Å². The van der Waals surface area contributed by atoms with E-state index in [1.165, 1.54) is 16.8 Å². The summed E-state index contributed by atoms with van der Waals surface area (Å²) in [6.45, 7) is 3.92. The van der Waals surface area contributed by atoms with Crippen LogP contribution in [0.5, 0.6) is 0 Å². The van der Waals surface area contributed by atoms with Crippen LogP contribution in [-0.4, -0.2) is 22.3 Å². The van der Waals surface area contributed by atoms with Crippen molar-refractivity contribution in [3.05, 3.63) is 47.5 Å². The number of nitrogens with one attached hydrogen (secondary N) is 1. The molecule has 0 aliphatic rings. The highest BCUT2D eigenvalue weighted by atomic mass is 19.1. The lowest BCUT2D eigenvalue weighted by Crippen LogP contribution is -2.24. The predicted octanol–water partition coefficient (Wildman–Crippen LogP) is 2.00. The number of nitrogens with zero attached hydrogens (tertiary/aromatic N) is 2. The second-order valence-corrected chi connectivity index (χ2v) is 3.94. The van der Waals surface area contributed by atoms with Crippen LogP contribution in [0.25, 0.3) is 5.69 Å². The van der Waals surface area contributed by atoms with Gasteiger partial charge in [-0.2, -0.15) is 5.10 Å². The van der Waals surface area contributed by atoms with E-state index in [0.29, 0.717) is 6.61 Å². The van der Waals surface area contributed by atoms with Crippen LogP contribution in [0.1, 0.15) is 23.0 Å². The number of carbonyl (C=O) groups excluding carboxylic acids is 1. The van der Waals surface area contributed by atoms with Crippen LogP contribution < -0.4 is 5.48 Å². The zero-order valence-corrected chi connectivity index (χ0v) is 10.7. The van der Waals surface area contributed by atoms with Gasteiger partial charge in [-0.25, -0.2) is 14.6 Å². The van der Waals surface area contributed by atoms with Gasteiger partial charge in [0.05, 0.1) is 12.3 Å². The fourth-order valence-electron chi connectivity index (χ4n) is 1.65. The average Bonchev–Trinajstić information content (AvgIpc) is 2.85. The van der Waals surface area contributed by atoms with Gasteiger partial charge in [0.2, 0.25) is 0 Å². The standard InChI is InChI=1S/C13H14FN3O2/c1-3-19-16-13(18)11-6-7-17(15-11)12-5-4-10(14)8-9(12)2/h4-8H,3H2,1-2H3,(H,16,18). The van der Waals surface area contributed by atoms with Crippen molar-refractivity contribution in [2.24, 2.45) is 0 Å². The van der Waals surface area contributed by atoms with Gasteiger partial charge in [-0.05, 0) is 43.7 Å². The van der Waals surface area contributed by atoms with Gasteiger partial charge < -0.3 is 0 Å². The monoisotopic (exact) mass is 263 g/mol. The van der Waals surface area contributed by atoms with Gasteiger partial charge in [-0.15, -0.1) is 0 Å². The summed E-state index contributed by atoms with van der Waals surface area (Å²) < 4.78 is 14.5. The second kappa shape index (κ2) is 5.62. The Morgan fingerprint density at radius 3 is 2.95 bits per heavy atom. The number of amides is 1. The molecule has 5 nitrogen and oxygen atoms in total. The highest BCUT2D eigenvalue weighted by molar-refractivity contribution is 5.91. The van der Waals surface area contributed by atoms with E-state index in [0.717, 1.165) is 11.3 Å². The van der Waals surface area contributed by atoms with Crippen molar-refractivity contribution in [1.82, 2.24) is 15.3 Å². The van der Waals surface area contributed by atoms with Crippen molar-refractivity contribution < 1.29 is 14.0 Å². The number of hydroxylamine groups is 1. The fourth-order valence-corrected chi connectivity index (χ4v) is 1.65. The first-order valence-corrected chi connectivity index (χ1v) is 5.86. The molecule has 0 atom stereocenters. The Morgan fingerprint density at radius 2 is 2.26 bits per heavy atom. The molecule has 0 fully saturated rings. The summed E-state index contributed by atoms with van der Waals surface area (Å²) in [5.74, 6) is -0.719. The first-order valence-electron chi connectivity index (χ1n) is 5.86. The topological polar surface area (TPSA) is 56.1 Å². The lowest BCUT2D eigenvalue weighted by molar-refractivity contribution is 0.0359. The Morgan fingerprint density at radius 1 is 1.47 bits per heavy atom. The molecule has 100 valence electrons. The molecule has 0 saturated carbocycles. The maximum atomic E-state index is 13.0. The normalized spacial score (nSPS) is 10.5. The van der Waals surface area contributed by atoms with E-state index >= 15 is 0 Å². The molecule has 0 saturated heterocycles. The number of halogens is 1. The molecule has 1 aromatic heterocycles. The lowest BCUT2D eigenvalue weighted by Gasteiger charge is -2.05. The zero-order chi connectivity index (χ0) is 13.8. The SMILES string of the molecule is CCONC(=O)c1ccn(-c2ccc(F)cc2C)n1.